The predicted molar refractivity (Wildman–Crippen MR) is 80.6 cm³/mol. The standard InChI is InChI=1S/C13H9N3OS2/c17-12-10(19-13(18)15-12)6-9-7-14-16-11(9)8-4-2-1-3-5-8/h1-7,17H,(H,15,18). The lowest BCUT2D eigenvalue weighted by Crippen LogP contribution is -2.01. The van der Waals surface area contributed by atoms with Gasteiger partial charge in [-0.2, -0.15) is 5.10 Å². The molecule has 1 aliphatic heterocycles. The highest BCUT2D eigenvalue weighted by molar-refractivity contribution is 7.73. The molecular formula is C13H9N3OS2. The lowest BCUT2D eigenvalue weighted by Gasteiger charge is -2.01. The first kappa shape index (κ1) is 12.0. The molecule has 2 heterocycles. The molecule has 4 nitrogen and oxygen atoms in total. The number of nitrogens with one attached hydrogen (secondary N) is 1. The molecule has 0 saturated carbocycles. The second-order valence-electron chi connectivity index (χ2n) is 3.89. The molecule has 0 radical (unpaired) electrons. The molecule has 3 rings (SSSR count). The summed E-state index contributed by atoms with van der Waals surface area (Å²) in [5.74, 6) is 0.0789. The molecule has 0 atom stereocenters. The molecule has 0 amide bonds. The third-order valence-corrected chi connectivity index (χ3v) is 3.79. The van der Waals surface area contributed by atoms with Gasteiger partial charge in [-0.3, -0.25) is 0 Å². The van der Waals surface area contributed by atoms with Gasteiger partial charge in [-0.15, -0.1) is 16.4 Å². The molecule has 2 aromatic rings. The molecule has 0 spiro atoms. The number of aromatic hydroxyl groups is 1. The van der Waals surface area contributed by atoms with Crippen molar-refractivity contribution < 1.29 is 5.11 Å². The predicted octanol–water partition coefficient (Wildman–Crippen LogP) is 3.38. The molecular weight excluding hydrogens is 278 g/mol. The number of nitrogens with zero attached hydrogens (tertiary/aromatic N) is 2. The number of aromatic nitrogens is 1. The van der Waals surface area contributed by atoms with Crippen molar-refractivity contribution >= 4 is 41.6 Å². The Labute approximate surface area is 118 Å². The van der Waals surface area contributed by atoms with Gasteiger partial charge >= 0.3 is 0 Å². The molecule has 0 saturated heterocycles. The van der Waals surface area contributed by atoms with E-state index in [2.05, 4.69) is 15.2 Å². The van der Waals surface area contributed by atoms with Crippen LogP contribution in [0, 0.1) is 3.95 Å². The number of allylic oxidation sites excluding steroid dienone is 1. The van der Waals surface area contributed by atoms with E-state index in [1.54, 1.807) is 6.21 Å². The van der Waals surface area contributed by atoms with Gasteiger partial charge in [0.05, 0.1) is 11.1 Å². The molecule has 94 valence electrons. The largest absolute Gasteiger partial charge is 0.494 e. The minimum Gasteiger partial charge on any atom is -0.494 e. The Kier molecular flexibility index (Phi) is 3.10. The second kappa shape index (κ2) is 4.91. The fraction of sp³-hybridized carbons (Fsp3) is 0. The lowest BCUT2D eigenvalue weighted by molar-refractivity contribution is 0.456. The van der Waals surface area contributed by atoms with E-state index in [9.17, 15) is 5.11 Å². The van der Waals surface area contributed by atoms with Crippen molar-refractivity contribution in [1.29, 1.82) is 0 Å². The molecule has 19 heavy (non-hydrogen) atoms. The van der Waals surface area contributed by atoms with E-state index in [4.69, 9.17) is 12.2 Å². The van der Waals surface area contributed by atoms with Crippen LogP contribution in [-0.2, 0) is 0 Å². The first-order valence-electron chi connectivity index (χ1n) is 5.54. The van der Waals surface area contributed by atoms with Gasteiger partial charge in [-0.1, -0.05) is 30.3 Å². The summed E-state index contributed by atoms with van der Waals surface area (Å²) in [6.07, 6.45) is 3.50. The third-order valence-electron chi connectivity index (χ3n) is 2.62. The number of H-pyrrole nitrogens is 1. The van der Waals surface area contributed by atoms with Gasteiger partial charge in [-0.25, -0.2) is 0 Å². The molecule has 0 bridgehead atoms. The van der Waals surface area contributed by atoms with Gasteiger partial charge in [0.15, 0.2) is 3.95 Å². The maximum atomic E-state index is 9.71. The van der Waals surface area contributed by atoms with Crippen molar-refractivity contribution in [1.82, 2.24) is 4.98 Å². The number of rotatable bonds is 2. The van der Waals surface area contributed by atoms with Crippen LogP contribution in [0.5, 0.6) is 5.88 Å². The van der Waals surface area contributed by atoms with E-state index < -0.39 is 0 Å². The van der Waals surface area contributed by atoms with Gasteiger partial charge in [0.1, 0.15) is 5.71 Å². The normalized spacial score (nSPS) is 16.0. The minimum absolute atomic E-state index is 0.0789. The van der Waals surface area contributed by atoms with Crippen molar-refractivity contribution in [2.45, 2.75) is 0 Å². The Morgan fingerprint density at radius 3 is 2.74 bits per heavy atom. The molecule has 1 aromatic carbocycles. The Balaban J connectivity index is 2.02. The smallest absolute Gasteiger partial charge is 0.207 e. The maximum Gasteiger partial charge on any atom is 0.207 e. The number of hydrogen-bond acceptors (Lipinski definition) is 5. The summed E-state index contributed by atoms with van der Waals surface area (Å²) >= 11 is 6.31. The quantitative estimate of drug-likeness (QED) is 0.832. The van der Waals surface area contributed by atoms with Crippen molar-refractivity contribution in [3.63, 3.8) is 0 Å². The Morgan fingerprint density at radius 2 is 2.05 bits per heavy atom. The van der Waals surface area contributed by atoms with E-state index in [1.807, 2.05) is 36.4 Å². The van der Waals surface area contributed by atoms with E-state index in [-0.39, 0.29) is 5.88 Å². The van der Waals surface area contributed by atoms with Crippen LogP contribution in [0.2, 0.25) is 0 Å². The summed E-state index contributed by atoms with van der Waals surface area (Å²) in [6.45, 7) is 0. The topological polar surface area (TPSA) is 60.7 Å². The van der Waals surface area contributed by atoms with Gasteiger partial charge < -0.3 is 10.1 Å². The van der Waals surface area contributed by atoms with Crippen LogP contribution in [0.1, 0.15) is 10.4 Å². The van der Waals surface area contributed by atoms with E-state index in [1.165, 1.54) is 11.3 Å². The highest BCUT2D eigenvalue weighted by Gasteiger charge is 2.14. The van der Waals surface area contributed by atoms with Crippen LogP contribution in [0.15, 0.2) is 46.1 Å². The Morgan fingerprint density at radius 1 is 1.26 bits per heavy atom. The van der Waals surface area contributed by atoms with E-state index in [0.717, 1.165) is 16.8 Å². The Hall–Kier alpha value is -2.05. The first-order chi connectivity index (χ1) is 9.24. The van der Waals surface area contributed by atoms with Gasteiger partial charge in [-0.05, 0) is 18.3 Å². The summed E-state index contributed by atoms with van der Waals surface area (Å²) in [5, 5.41) is 17.8. The molecule has 0 fully saturated rings. The van der Waals surface area contributed by atoms with Crippen LogP contribution in [0.4, 0.5) is 0 Å². The average molecular weight is 287 g/mol. The SMILES string of the molecule is Oc1[nH]c(=S)sc1C=C1C=NN=C1c1ccccc1. The number of benzene rings is 1. The minimum atomic E-state index is 0.0789. The van der Waals surface area contributed by atoms with E-state index >= 15 is 0 Å². The zero-order valence-corrected chi connectivity index (χ0v) is 11.3. The van der Waals surface area contributed by atoms with Crippen molar-refractivity contribution in [2.24, 2.45) is 10.2 Å². The van der Waals surface area contributed by atoms with Crippen molar-refractivity contribution in [2.75, 3.05) is 0 Å². The third kappa shape index (κ3) is 2.40. The molecule has 2 N–H and O–H groups in total. The summed E-state index contributed by atoms with van der Waals surface area (Å²) < 4.78 is 0.539. The van der Waals surface area contributed by atoms with Gasteiger partial charge in [0.25, 0.3) is 0 Å². The molecule has 1 aliphatic rings. The van der Waals surface area contributed by atoms with E-state index in [0.29, 0.717) is 8.83 Å². The average Bonchev–Trinajstić information content (AvgIpc) is 2.98. The number of hydrogen-bond donors (Lipinski definition) is 2. The fourth-order valence-corrected chi connectivity index (χ4v) is 2.81. The Bertz CT molecular complexity index is 754. The van der Waals surface area contributed by atoms with Crippen LogP contribution in [-0.4, -0.2) is 22.0 Å². The molecule has 6 heteroatoms. The highest BCUT2D eigenvalue weighted by atomic mass is 32.1. The zero-order chi connectivity index (χ0) is 13.2. The summed E-state index contributed by atoms with van der Waals surface area (Å²) in [7, 11) is 0. The van der Waals surface area contributed by atoms with Crippen LogP contribution >= 0.6 is 23.6 Å². The summed E-state index contributed by atoms with van der Waals surface area (Å²) in [4.78, 5) is 3.37. The zero-order valence-electron chi connectivity index (χ0n) is 9.70. The van der Waals surface area contributed by atoms with Crippen LogP contribution in [0.25, 0.3) is 6.08 Å². The lowest BCUT2D eigenvalue weighted by atomic mass is 10.0. The molecule has 0 unspecified atom stereocenters. The molecule has 0 aliphatic carbocycles. The van der Waals surface area contributed by atoms with Gasteiger partial charge in [0, 0.05) is 11.1 Å². The van der Waals surface area contributed by atoms with Crippen molar-refractivity contribution in [3.8, 4) is 5.88 Å². The molecule has 1 aromatic heterocycles. The monoisotopic (exact) mass is 287 g/mol. The number of thiazole rings is 1. The van der Waals surface area contributed by atoms with Crippen LogP contribution in [0.3, 0.4) is 0 Å². The second-order valence-corrected chi connectivity index (χ2v) is 5.61. The number of aromatic amines is 1. The summed E-state index contributed by atoms with van der Waals surface area (Å²) in [6, 6.07) is 9.80. The first-order valence-corrected chi connectivity index (χ1v) is 6.77. The van der Waals surface area contributed by atoms with Crippen LogP contribution < -0.4 is 0 Å². The van der Waals surface area contributed by atoms with Gasteiger partial charge in [0.2, 0.25) is 5.88 Å². The summed E-state index contributed by atoms with van der Waals surface area (Å²) in [5.41, 5.74) is 2.64. The highest BCUT2D eigenvalue weighted by Crippen LogP contribution is 2.26. The van der Waals surface area contributed by atoms with Crippen molar-refractivity contribution in [3.05, 3.63) is 50.3 Å². The fourth-order valence-electron chi connectivity index (χ4n) is 1.76. The maximum absolute atomic E-state index is 9.71.